The number of aliphatic hydroxyl groups is 2. The molecule has 0 saturated heterocycles. The van der Waals surface area contributed by atoms with E-state index in [9.17, 15) is 46.4 Å². The van der Waals surface area contributed by atoms with Crippen LogP contribution in [0.15, 0.2) is 42.6 Å². The Morgan fingerprint density at radius 3 is 1.73 bits per heavy atom. The number of rotatable bonds is 2. The van der Waals surface area contributed by atoms with Gasteiger partial charge in [0, 0.05) is 28.3 Å². The van der Waals surface area contributed by atoms with E-state index in [0.717, 1.165) is 30.5 Å². The molecule has 13 heteroatoms. The van der Waals surface area contributed by atoms with Gasteiger partial charge >= 0.3 is 20.2 Å². The first-order chi connectivity index (χ1) is 13.8. The fraction of sp³-hybridized carbons (Fsp3) is 0.118. The van der Waals surface area contributed by atoms with E-state index in [1.807, 2.05) is 0 Å². The maximum Gasteiger partial charge on any atom is 0.304 e. The first kappa shape index (κ1) is 20.5. The average molecular weight is 455 g/mol. The predicted molar refractivity (Wildman–Crippen MR) is 101 cm³/mol. The molecule has 1 aliphatic carbocycles. The Hall–Kier alpha value is -2.81. The van der Waals surface area contributed by atoms with Gasteiger partial charge in [-0.05, 0) is 12.1 Å². The molecule has 6 N–H and O–H groups in total. The first-order valence-corrected chi connectivity index (χ1v) is 11.0. The zero-order valence-corrected chi connectivity index (χ0v) is 16.3. The van der Waals surface area contributed by atoms with E-state index >= 15 is 0 Å². The fourth-order valence-corrected chi connectivity index (χ4v) is 5.64. The van der Waals surface area contributed by atoms with E-state index in [2.05, 4.69) is 4.98 Å². The molecule has 0 radical (unpaired) electrons. The zero-order valence-electron chi connectivity index (χ0n) is 14.6. The van der Waals surface area contributed by atoms with E-state index in [0.29, 0.717) is 0 Å². The zero-order chi connectivity index (χ0) is 22.3. The molecule has 0 saturated carbocycles. The molecule has 3 aromatic rings. The van der Waals surface area contributed by atoms with Gasteiger partial charge in [0.05, 0.1) is 11.1 Å². The third kappa shape index (κ3) is 2.24. The highest BCUT2D eigenvalue weighted by atomic mass is 32.2. The van der Waals surface area contributed by atoms with Crippen molar-refractivity contribution in [3.05, 3.63) is 64.8 Å². The quantitative estimate of drug-likeness (QED) is 0.226. The van der Waals surface area contributed by atoms with Gasteiger partial charge in [0.15, 0.2) is 11.5 Å². The monoisotopic (exact) mass is 455 g/mol. The van der Waals surface area contributed by atoms with Crippen LogP contribution >= 0.6 is 0 Å². The highest BCUT2D eigenvalue weighted by Gasteiger charge is 2.63. The van der Waals surface area contributed by atoms with Crippen molar-refractivity contribution < 1.29 is 46.4 Å². The smallest absolute Gasteiger partial charge is 0.304 e. The van der Waals surface area contributed by atoms with E-state index in [1.165, 1.54) is 12.1 Å². The second-order valence-electron chi connectivity index (χ2n) is 6.63. The van der Waals surface area contributed by atoms with Crippen molar-refractivity contribution >= 4 is 31.1 Å². The SMILES string of the molecule is O=S(=O)(O)C1(O)c2ccccc2C(O)(S(=O)(=O)O)c2c1c(O)c(O)c1cccnc21. The Bertz CT molecular complexity index is 1450. The molecule has 4 rings (SSSR count). The molecule has 2 atom stereocenters. The molecule has 1 aliphatic rings. The van der Waals surface area contributed by atoms with Crippen LogP contribution in [0.1, 0.15) is 22.3 Å². The first-order valence-electron chi connectivity index (χ1n) is 8.10. The third-order valence-corrected chi connectivity index (χ3v) is 7.43. The number of fused-ring (bicyclic) bond motifs is 4. The maximum atomic E-state index is 12.4. The van der Waals surface area contributed by atoms with Crippen LogP contribution in [0.2, 0.25) is 0 Å². The number of hydrogen-bond donors (Lipinski definition) is 6. The largest absolute Gasteiger partial charge is 0.504 e. The van der Waals surface area contributed by atoms with Crippen LogP contribution in [-0.2, 0) is 30.1 Å². The Labute approximate surface area is 169 Å². The minimum absolute atomic E-state index is 0.326. The van der Waals surface area contributed by atoms with Crippen molar-refractivity contribution in [2.24, 2.45) is 0 Å². The van der Waals surface area contributed by atoms with Crippen molar-refractivity contribution in [2.45, 2.75) is 9.87 Å². The number of pyridine rings is 1. The second-order valence-corrected chi connectivity index (χ2v) is 9.71. The van der Waals surface area contributed by atoms with Gasteiger partial charge in [-0.1, -0.05) is 24.3 Å². The molecule has 2 unspecified atom stereocenters. The van der Waals surface area contributed by atoms with Gasteiger partial charge in [0.2, 0.25) is 9.87 Å². The molecule has 1 heterocycles. The van der Waals surface area contributed by atoms with Crippen LogP contribution in [-0.4, -0.2) is 51.4 Å². The van der Waals surface area contributed by atoms with Crippen LogP contribution in [0.25, 0.3) is 10.9 Å². The number of phenols is 2. The van der Waals surface area contributed by atoms with E-state index < -0.39 is 69.4 Å². The lowest BCUT2D eigenvalue weighted by Gasteiger charge is -2.41. The van der Waals surface area contributed by atoms with E-state index in [1.54, 1.807) is 0 Å². The molecular weight excluding hydrogens is 442 g/mol. The van der Waals surface area contributed by atoms with Crippen LogP contribution in [0, 0.1) is 0 Å². The molecule has 2 aromatic carbocycles. The van der Waals surface area contributed by atoms with Gasteiger partial charge in [0.1, 0.15) is 0 Å². The topological polar surface area (TPSA) is 203 Å². The molecular formula is C17H13NO10S2. The van der Waals surface area contributed by atoms with Crippen molar-refractivity contribution in [1.29, 1.82) is 0 Å². The van der Waals surface area contributed by atoms with Gasteiger partial charge in [0.25, 0.3) is 0 Å². The number of phenolic OH excluding ortho intramolecular Hbond substituents is 2. The van der Waals surface area contributed by atoms with Crippen LogP contribution in [0.5, 0.6) is 11.5 Å². The highest BCUT2D eigenvalue weighted by molar-refractivity contribution is 7.87. The van der Waals surface area contributed by atoms with Gasteiger partial charge in [-0.2, -0.15) is 16.8 Å². The number of nitrogens with zero attached hydrogens (tertiary/aromatic N) is 1. The van der Waals surface area contributed by atoms with Crippen LogP contribution < -0.4 is 0 Å². The second kappa shape index (κ2) is 5.87. The summed E-state index contributed by atoms with van der Waals surface area (Å²) in [5.41, 5.74) is -4.55. The standard InChI is InChI=1S/C17H13NO10S2/c19-14-8-4-3-7-18-13(8)11-12(15(14)20)17(22,30(26,27)28)10-6-2-1-5-9(10)16(11,21)29(23,24)25/h1-7,19-22H,(H,23,24,25)(H,26,27,28). The summed E-state index contributed by atoms with van der Waals surface area (Å²) in [5.74, 6) is -2.35. The summed E-state index contributed by atoms with van der Waals surface area (Å²) in [7, 11) is -11.1. The minimum Gasteiger partial charge on any atom is -0.504 e. The number of aromatic nitrogens is 1. The summed E-state index contributed by atoms with van der Waals surface area (Å²) in [6.07, 6.45) is 1.09. The van der Waals surface area contributed by atoms with E-state index in [-0.39, 0.29) is 5.39 Å². The Morgan fingerprint density at radius 2 is 1.23 bits per heavy atom. The molecule has 0 fully saturated rings. The molecule has 11 nitrogen and oxygen atoms in total. The van der Waals surface area contributed by atoms with Gasteiger partial charge in [-0.3, -0.25) is 14.1 Å². The molecule has 0 bridgehead atoms. The summed E-state index contributed by atoms with van der Waals surface area (Å²) >= 11 is 0. The van der Waals surface area contributed by atoms with Gasteiger partial charge in [-0.25, -0.2) is 0 Å². The minimum atomic E-state index is -5.59. The van der Waals surface area contributed by atoms with Crippen molar-refractivity contribution in [2.75, 3.05) is 0 Å². The summed E-state index contributed by atoms with van der Waals surface area (Å²) in [6.45, 7) is 0. The lowest BCUT2D eigenvalue weighted by Crippen LogP contribution is -2.50. The average Bonchev–Trinajstić information content (AvgIpc) is 2.67. The molecule has 0 amide bonds. The Balaban J connectivity index is 2.44. The number of benzene rings is 2. The molecule has 1 aromatic heterocycles. The van der Waals surface area contributed by atoms with Crippen LogP contribution in [0.4, 0.5) is 0 Å². The summed E-state index contributed by atoms with van der Waals surface area (Å²) in [4.78, 5) is -3.12. The lowest BCUT2D eigenvalue weighted by atomic mass is 9.79. The van der Waals surface area contributed by atoms with E-state index in [4.69, 9.17) is 0 Å². The fourth-order valence-electron chi connectivity index (χ4n) is 3.82. The van der Waals surface area contributed by atoms with Crippen molar-refractivity contribution in [3.63, 3.8) is 0 Å². The molecule has 30 heavy (non-hydrogen) atoms. The summed E-state index contributed by atoms with van der Waals surface area (Å²) in [5, 5.41) is 43.0. The van der Waals surface area contributed by atoms with Crippen molar-refractivity contribution in [3.8, 4) is 11.5 Å². The van der Waals surface area contributed by atoms with Crippen molar-refractivity contribution in [1.82, 2.24) is 4.98 Å². The molecule has 158 valence electrons. The molecule has 0 spiro atoms. The predicted octanol–water partition coefficient (Wildman–Crippen LogP) is 0.122. The summed E-state index contributed by atoms with van der Waals surface area (Å²) < 4.78 is 69.1. The molecule has 0 aliphatic heterocycles. The lowest BCUT2D eigenvalue weighted by molar-refractivity contribution is 0.105. The Kier molecular flexibility index (Phi) is 4.01. The highest BCUT2D eigenvalue weighted by Crippen LogP contribution is 2.58. The summed E-state index contributed by atoms with van der Waals surface area (Å²) in [6, 6.07) is 6.55. The number of aromatic hydroxyl groups is 2. The number of hydrogen-bond acceptors (Lipinski definition) is 9. The normalized spacial score (nSPS) is 23.7. The van der Waals surface area contributed by atoms with Crippen LogP contribution in [0.3, 0.4) is 0 Å². The third-order valence-electron chi connectivity index (χ3n) is 5.09. The van der Waals surface area contributed by atoms with Gasteiger partial charge < -0.3 is 20.4 Å². The maximum absolute atomic E-state index is 12.4. The Morgan fingerprint density at radius 1 is 0.733 bits per heavy atom. The van der Waals surface area contributed by atoms with Gasteiger partial charge in [-0.15, -0.1) is 0 Å².